The fourth-order valence-electron chi connectivity index (χ4n) is 3.55. The molecule has 0 atom stereocenters. The lowest BCUT2D eigenvalue weighted by Crippen LogP contribution is -2.31. The van der Waals surface area contributed by atoms with Crippen LogP contribution in [0.5, 0.6) is 0 Å². The van der Waals surface area contributed by atoms with Gasteiger partial charge >= 0.3 is 0 Å². The second-order valence-corrected chi connectivity index (χ2v) is 6.81. The van der Waals surface area contributed by atoms with Crippen LogP contribution < -0.4 is 15.8 Å². The summed E-state index contributed by atoms with van der Waals surface area (Å²) in [5.74, 6) is -0.326. The maximum atomic E-state index is 12.7. The normalized spacial score (nSPS) is 13.9. The van der Waals surface area contributed by atoms with E-state index in [1.54, 1.807) is 29.2 Å². The van der Waals surface area contributed by atoms with Crippen molar-refractivity contribution < 1.29 is 9.59 Å². The van der Waals surface area contributed by atoms with E-state index in [9.17, 15) is 14.4 Å². The van der Waals surface area contributed by atoms with E-state index in [4.69, 9.17) is 0 Å². The average molecular weight is 376 g/mol. The van der Waals surface area contributed by atoms with Crippen LogP contribution in [0.2, 0.25) is 0 Å². The number of fused-ring (bicyclic) bond motifs is 1. The fraction of sp³-hybridized carbons (Fsp3) is 0.238. The molecule has 142 valence electrons. The molecule has 1 aromatic heterocycles. The van der Waals surface area contributed by atoms with Gasteiger partial charge in [-0.3, -0.25) is 14.4 Å². The number of carbonyl (C=O) groups is 2. The predicted octanol–water partition coefficient (Wildman–Crippen LogP) is 2.47. The number of benzene rings is 2. The van der Waals surface area contributed by atoms with Gasteiger partial charge < -0.3 is 10.2 Å². The molecule has 2 aromatic carbocycles. The summed E-state index contributed by atoms with van der Waals surface area (Å²) in [4.78, 5) is 39.0. The molecule has 7 heteroatoms. The van der Waals surface area contributed by atoms with E-state index >= 15 is 0 Å². The topological polar surface area (TPSA) is 84.3 Å². The molecule has 1 fully saturated rings. The highest BCUT2D eigenvalue weighted by atomic mass is 16.2. The molecule has 1 saturated heterocycles. The van der Waals surface area contributed by atoms with Crippen molar-refractivity contribution in [2.45, 2.75) is 26.3 Å². The predicted molar refractivity (Wildman–Crippen MR) is 107 cm³/mol. The Kier molecular flexibility index (Phi) is 4.65. The molecule has 28 heavy (non-hydrogen) atoms. The second kappa shape index (κ2) is 7.26. The number of anilines is 2. The van der Waals surface area contributed by atoms with Crippen molar-refractivity contribution in [1.82, 2.24) is 9.78 Å². The van der Waals surface area contributed by atoms with Crippen molar-refractivity contribution in [3.8, 4) is 0 Å². The Morgan fingerprint density at radius 3 is 2.54 bits per heavy atom. The van der Waals surface area contributed by atoms with Crippen LogP contribution in [0.4, 0.5) is 11.4 Å². The van der Waals surface area contributed by atoms with Gasteiger partial charge in [-0.1, -0.05) is 30.3 Å². The first-order valence-electron chi connectivity index (χ1n) is 9.20. The summed E-state index contributed by atoms with van der Waals surface area (Å²) in [5.41, 5.74) is 1.60. The highest BCUT2D eigenvalue weighted by Crippen LogP contribution is 2.29. The average Bonchev–Trinajstić information content (AvgIpc) is 3.12. The maximum Gasteiger partial charge on any atom is 0.275 e. The molecule has 3 aromatic rings. The number of nitrogens with one attached hydrogen (secondary N) is 1. The molecule has 0 saturated carbocycles. The number of aromatic nitrogens is 2. The van der Waals surface area contributed by atoms with Crippen molar-refractivity contribution in [2.24, 2.45) is 0 Å². The molecule has 7 nitrogen and oxygen atoms in total. The van der Waals surface area contributed by atoms with Crippen molar-refractivity contribution in [2.75, 3.05) is 16.8 Å². The van der Waals surface area contributed by atoms with Crippen LogP contribution in [-0.4, -0.2) is 28.1 Å². The van der Waals surface area contributed by atoms with Gasteiger partial charge in [0.1, 0.15) is 6.54 Å². The highest BCUT2D eigenvalue weighted by Gasteiger charge is 2.24. The zero-order chi connectivity index (χ0) is 19.7. The molecule has 0 aliphatic carbocycles. The lowest BCUT2D eigenvalue weighted by atomic mass is 10.1. The van der Waals surface area contributed by atoms with Crippen molar-refractivity contribution in [3.63, 3.8) is 0 Å². The number of hydrogen-bond acceptors (Lipinski definition) is 4. The van der Waals surface area contributed by atoms with Crippen LogP contribution in [0.15, 0.2) is 53.3 Å². The van der Waals surface area contributed by atoms with Gasteiger partial charge in [0, 0.05) is 18.4 Å². The van der Waals surface area contributed by atoms with Gasteiger partial charge in [0.15, 0.2) is 0 Å². The first-order chi connectivity index (χ1) is 13.5. The Hall–Kier alpha value is -3.48. The number of aryl methyl sites for hydroxylation is 1. The Labute approximate surface area is 161 Å². The minimum absolute atomic E-state index is 0.0461. The van der Waals surface area contributed by atoms with Gasteiger partial charge in [-0.2, -0.15) is 5.10 Å². The molecule has 1 aliphatic rings. The molecule has 2 heterocycles. The first-order valence-corrected chi connectivity index (χ1v) is 9.20. The van der Waals surface area contributed by atoms with E-state index in [-0.39, 0.29) is 23.9 Å². The van der Waals surface area contributed by atoms with Gasteiger partial charge in [-0.15, -0.1) is 0 Å². The Bertz CT molecular complexity index is 1140. The lowest BCUT2D eigenvalue weighted by Gasteiger charge is -2.20. The molecular formula is C21H20N4O3. The van der Waals surface area contributed by atoms with Crippen LogP contribution in [0.3, 0.4) is 0 Å². The zero-order valence-electron chi connectivity index (χ0n) is 15.5. The minimum Gasteiger partial charge on any atom is -0.323 e. The maximum absolute atomic E-state index is 12.7. The van der Waals surface area contributed by atoms with Crippen LogP contribution in [0.25, 0.3) is 10.8 Å². The Morgan fingerprint density at radius 2 is 1.79 bits per heavy atom. The minimum atomic E-state index is -0.372. The van der Waals surface area contributed by atoms with Gasteiger partial charge in [0.2, 0.25) is 11.8 Å². The summed E-state index contributed by atoms with van der Waals surface area (Å²) >= 11 is 0. The third kappa shape index (κ3) is 3.26. The fourth-order valence-corrected chi connectivity index (χ4v) is 3.55. The highest BCUT2D eigenvalue weighted by molar-refractivity contribution is 6.02. The largest absolute Gasteiger partial charge is 0.323 e. The van der Waals surface area contributed by atoms with E-state index in [1.165, 1.54) is 4.68 Å². The van der Waals surface area contributed by atoms with Gasteiger partial charge in [-0.05, 0) is 31.5 Å². The standard InChI is InChI=1S/C21H20N4O3/c1-14-15-7-2-3-8-16(15)21(28)25(23-14)13-19(26)22-17-9-4-5-10-18(17)24-12-6-11-20(24)27/h2-5,7-10H,6,11-13H2,1H3,(H,22,26). The molecule has 1 aliphatic heterocycles. The van der Waals surface area contributed by atoms with E-state index in [0.717, 1.165) is 11.8 Å². The van der Waals surface area contributed by atoms with Crippen LogP contribution in [-0.2, 0) is 16.1 Å². The smallest absolute Gasteiger partial charge is 0.275 e. The van der Waals surface area contributed by atoms with Gasteiger partial charge in [-0.25, -0.2) is 4.68 Å². The number of carbonyl (C=O) groups excluding carboxylic acids is 2. The molecule has 0 bridgehead atoms. The monoisotopic (exact) mass is 376 g/mol. The number of amides is 2. The molecule has 4 rings (SSSR count). The third-order valence-electron chi connectivity index (χ3n) is 4.89. The summed E-state index contributed by atoms with van der Waals surface area (Å²) in [6.45, 7) is 2.24. The van der Waals surface area contributed by atoms with Crippen LogP contribution >= 0.6 is 0 Å². The summed E-state index contributed by atoms with van der Waals surface area (Å²) < 4.78 is 1.18. The van der Waals surface area contributed by atoms with E-state index < -0.39 is 0 Å². The molecule has 0 unspecified atom stereocenters. The SMILES string of the molecule is Cc1nn(CC(=O)Nc2ccccc2N2CCCC2=O)c(=O)c2ccccc12. The van der Waals surface area contributed by atoms with E-state index in [2.05, 4.69) is 10.4 Å². The first kappa shape index (κ1) is 17.9. The molecule has 2 amide bonds. The number of hydrogen-bond donors (Lipinski definition) is 1. The quantitative estimate of drug-likeness (QED) is 0.758. The number of para-hydroxylation sites is 2. The molecule has 0 spiro atoms. The third-order valence-corrected chi connectivity index (χ3v) is 4.89. The summed E-state index contributed by atoms with van der Waals surface area (Å²) in [7, 11) is 0. The summed E-state index contributed by atoms with van der Waals surface area (Å²) in [6.07, 6.45) is 1.31. The summed E-state index contributed by atoms with van der Waals surface area (Å²) in [5, 5.41) is 8.40. The van der Waals surface area contributed by atoms with Crippen molar-refractivity contribution in [1.29, 1.82) is 0 Å². The number of rotatable bonds is 4. The van der Waals surface area contributed by atoms with Crippen LogP contribution in [0, 0.1) is 6.92 Å². The van der Waals surface area contributed by atoms with E-state index in [1.807, 2.05) is 31.2 Å². The molecule has 1 N–H and O–H groups in total. The Morgan fingerprint density at radius 1 is 1.07 bits per heavy atom. The second-order valence-electron chi connectivity index (χ2n) is 6.81. The lowest BCUT2D eigenvalue weighted by molar-refractivity contribution is -0.118. The van der Waals surface area contributed by atoms with Gasteiger partial charge in [0.25, 0.3) is 5.56 Å². The Balaban J connectivity index is 1.60. The van der Waals surface area contributed by atoms with E-state index in [0.29, 0.717) is 35.4 Å². The number of nitrogens with zero attached hydrogens (tertiary/aromatic N) is 3. The summed E-state index contributed by atoms with van der Waals surface area (Å²) in [6, 6.07) is 14.4. The van der Waals surface area contributed by atoms with Gasteiger partial charge in [0.05, 0.1) is 22.5 Å². The van der Waals surface area contributed by atoms with Crippen LogP contribution in [0.1, 0.15) is 18.5 Å². The molecular weight excluding hydrogens is 356 g/mol. The zero-order valence-corrected chi connectivity index (χ0v) is 15.5. The van der Waals surface area contributed by atoms with Crippen molar-refractivity contribution in [3.05, 3.63) is 64.6 Å². The van der Waals surface area contributed by atoms with Crippen molar-refractivity contribution >= 4 is 34.0 Å². The molecule has 0 radical (unpaired) electrons.